The van der Waals surface area contributed by atoms with Gasteiger partial charge in [-0.1, -0.05) is 18.0 Å². The topological polar surface area (TPSA) is 54.9 Å². The smallest absolute Gasteiger partial charge is 0.272 e. The van der Waals surface area contributed by atoms with Crippen LogP contribution in [0.25, 0.3) is 0 Å². The van der Waals surface area contributed by atoms with Gasteiger partial charge in [-0.05, 0) is 56.1 Å². The van der Waals surface area contributed by atoms with Crippen LogP contribution in [-0.2, 0) is 0 Å². The number of hydrogen-bond donors (Lipinski definition) is 1. The molecule has 19 heavy (non-hydrogen) atoms. The number of hydrogen-bond acceptors (Lipinski definition) is 3. The van der Waals surface area contributed by atoms with Gasteiger partial charge in [-0.3, -0.25) is 4.79 Å². The highest BCUT2D eigenvalue weighted by atomic mass is 35.5. The molecule has 2 aliphatic rings. The summed E-state index contributed by atoms with van der Waals surface area (Å²) in [6, 6.07) is 3.41. The first kappa shape index (κ1) is 12.9. The fourth-order valence-electron chi connectivity index (χ4n) is 3.73. The van der Waals surface area contributed by atoms with Gasteiger partial charge < -0.3 is 5.32 Å². The number of nitrogens with zero attached hydrogens (tertiary/aromatic N) is 2. The van der Waals surface area contributed by atoms with Crippen molar-refractivity contribution in [3.63, 3.8) is 0 Å². The molecule has 1 aromatic heterocycles. The van der Waals surface area contributed by atoms with Crippen molar-refractivity contribution in [3.05, 3.63) is 23.0 Å². The van der Waals surface area contributed by atoms with Crippen LogP contribution in [0.1, 0.15) is 43.1 Å². The van der Waals surface area contributed by atoms with Crippen LogP contribution in [0.2, 0.25) is 5.15 Å². The Hall–Kier alpha value is -1.16. The monoisotopic (exact) mass is 279 g/mol. The summed E-state index contributed by atoms with van der Waals surface area (Å²) in [5.74, 6) is 2.17. The summed E-state index contributed by atoms with van der Waals surface area (Å²) < 4.78 is 0. The number of nitrogens with one attached hydrogen (secondary N) is 1. The molecule has 102 valence electrons. The van der Waals surface area contributed by atoms with E-state index in [0.717, 1.165) is 11.8 Å². The van der Waals surface area contributed by atoms with E-state index in [2.05, 4.69) is 22.4 Å². The van der Waals surface area contributed by atoms with Gasteiger partial charge in [0.15, 0.2) is 10.8 Å². The second-order valence-corrected chi connectivity index (χ2v) is 6.23. The highest BCUT2D eigenvalue weighted by molar-refractivity contribution is 6.29. The standard InChI is InChI=1S/C14H18ClN3O/c1-8(11-7-9-2-3-10(11)6-9)16-14(19)12-4-5-13(15)18-17-12/h4-5,8-11H,2-3,6-7H2,1H3,(H,16,19). The quantitative estimate of drug-likeness (QED) is 0.925. The predicted octanol–water partition coefficient (Wildman–Crippen LogP) is 2.68. The SMILES string of the molecule is CC(NC(=O)c1ccc(Cl)nn1)C1CC2CCC1C2. The molecule has 5 heteroatoms. The third-order valence-corrected chi connectivity index (χ3v) is 4.86. The Morgan fingerprint density at radius 1 is 1.37 bits per heavy atom. The number of carbonyl (C=O) groups is 1. The normalized spacial score (nSPS) is 30.3. The molecule has 4 nitrogen and oxygen atoms in total. The lowest BCUT2D eigenvalue weighted by atomic mass is 9.84. The van der Waals surface area contributed by atoms with E-state index >= 15 is 0 Å². The molecule has 1 aromatic rings. The highest BCUT2D eigenvalue weighted by Crippen LogP contribution is 2.49. The highest BCUT2D eigenvalue weighted by Gasteiger charge is 2.42. The molecule has 0 aliphatic heterocycles. The van der Waals surface area contributed by atoms with Crippen molar-refractivity contribution in [2.24, 2.45) is 17.8 Å². The number of aromatic nitrogens is 2. The molecule has 2 fully saturated rings. The molecule has 0 aromatic carbocycles. The molecule has 1 amide bonds. The Morgan fingerprint density at radius 3 is 2.79 bits per heavy atom. The molecular weight excluding hydrogens is 262 g/mol. The van der Waals surface area contributed by atoms with Gasteiger partial charge in [-0.15, -0.1) is 10.2 Å². The van der Waals surface area contributed by atoms with E-state index in [0.29, 0.717) is 16.8 Å². The van der Waals surface area contributed by atoms with Crippen molar-refractivity contribution in [1.82, 2.24) is 15.5 Å². The maximum atomic E-state index is 12.1. The van der Waals surface area contributed by atoms with E-state index in [4.69, 9.17) is 11.6 Å². The summed E-state index contributed by atoms with van der Waals surface area (Å²) in [6.45, 7) is 2.10. The van der Waals surface area contributed by atoms with Gasteiger partial charge in [0.1, 0.15) is 0 Å². The van der Waals surface area contributed by atoms with Crippen molar-refractivity contribution in [3.8, 4) is 0 Å². The second-order valence-electron chi connectivity index (χ2n) is 5.84. The summed E-state index contributed by atoms with van der Waals surface area (Å²) in [6.07, 6.45) is 5.32. The van der Waals surface area contributed by atoms with Crippen molar-refractivity contribution in [2.45, 2.75) is 38.6 Å². The summed E-state index contributed by atoms with van der Waals surface area (Å²) >= 11 is 5.66. The predicted molar refractivity (Wildman–Crippen MR) is 72.9 cm³/mol. The molecule has 4 atom stereocenters. The zero-order valence-corrected chi connectivity index (χ0v) is 11.7. The Balaban J connectivity index is 1.61. The van der Waals surface area contributed by atoms with Gasteiger partial charge in [0.2, 0.25) is 0 Å². The van der Waals surface area contributed by atoms with Crippen LogP contribution < -0.4 is 5.32 Å². The molecule has 0 spiro atoms. The van der Waals surface area contributed by atoms with Gasteiger partial charge >= 0.3 is 0 Å². The van der Waals surface area contributed by atoms with E-state index in [-0.39, 0.29) is 11.9 Å². The van der Waals surface area contributed by atoms with Crippen molar-refractivity contribution in [1.29, 1.82) is 0 Å². The van der Waals surface area contributed by atoms with Gasteiger partial charge in [0, 0.05) is 6.04 Å². The van der Waals surface area contributed by atoms with Crippen molar-refractivity contribution >= 4 is 17.5 Å². The summed E-state index contributed by atoms with van der Waals surface area (Å²) in [4.78, 5) is 12.1. The molecule has 2 saturated carbocycles. The molecule has 3 rings (SSSR count). The summed E-state index contributed by atoms with van der Waals surface area (Å²) in [5.41, 5.74) is 0.333. The maximum Gasteiger partial charge on any atom is 0.272 e. The van der Waals surface area contributed by atoms with Gasteiger partial charge in [0.25, 0.3) is 5.91 Å². The van der Waals surface area contributed by atoms with Gasteiger partial charge in [0.05, 0.1) is 0 Å². The summed E-state index contributed by atoms with van der Waals surface area (Å²) in [5, 5.41) is 10.9. The average Bonchev–Trinajstić information content (AvgIpc) is 3.01. The summed E-state index contributed by atoms with van der Waals surface area (Å²) in [7, 11) is 0. The van der Waals surface area contributed by atoms with Crippen LogP contribution in [0, 0.1) is 17.8 Å². The Labute approximate surface area is 117 Å². The van der Waals surface area contributed by atoms with E-state index < -0.39 is 0 Å². The molecule has 1 heterocycles. The van der Waals surface area contributed by atoms with Crippen LogP contribution in [0.15, 0.2) is 12.1 Å². The van der Waals surface area contributed by atoms with Crippen LogP contribution in [0.5, 0.6) is 0 Å². The van der Waals surface area contributed by atoms with Crippen LogP contribution in [-0.4, -0.2) is 22.1 Å². The Morgan fingerprint density at radius 2 is 2.21 bits per heavy atom. The molecule has 0 radical (unpaired) electrons. The minimum atomic E-state index is -0.153. The first-order valence-electron chi connectivity index (χ1n) is 6.93. The fraction of sp³-hybridized carbons (Fsp3) is 0.643. The third-order valence-electron chi connectivity index (χ3n) is 4.66. The minimum Gasteiger partial charge on any atom is -0.348 e. The fourth-order valence-corrected chi connectivity index (χ4v) is 3.83. The maximum absolute atomic E-state index is 12.1. The van der Waals surface area contributed by atoms with Crippen LogP contribution in [0.3, 0.4) is 0 Å². The van der Waals surface area contributed by atoms with E-state index in [1.807, 2.05) is 0 Å². The number of fused-ring (bicyclic) bond motifs is 2. The Kier molecular flexibility index (Phi) is 3.44. The van der Waals surface area contributed by atoms with Gasteiger partial charge in [-0.25, -0.2) is 0 Å². The molecule has 4 unspecified atom stereocenters. The zero-order valence-electron chi connectivity index (χ0n) is 11.0. The first-order chi connectivity index (χ1) is 9.13. The van der Waals surface area contributed by atoms with E-state index in [1.165, 1.54) is 25.7 Å². The zero-order chi connectivity index (χ0) is 13.4. The van der Waals surface area contributed by atoms with Crippen molar-refractivity contribution in [2.75, 3.05) is 0 Å². The van der Waals surface area contributed by atoms with Crippen molar-refractivity contribution < 1.29 is 4.79 Å². The number of rotatable bonds is 3. The van der Waals surface area contributed by atoms with Crippen LogP contribution >= 0.6 is 11.6 Å². The van der Waals surface area contributed by atoms with E-state index in [9.17, 15) is 4.79 Å². The van der Waals surface area contributed by atoms with Crippen LogP contribution in [0.4, 0.5) is 0 Å². The number of carbonyl (C=O) groups excluding carboxylic acids is 1. The first-order valence-corrected chi connectivity index (χ1v) is 7.31. The molecule has 0 saturated heterocycles. The molecule has 1 N–H and O–H groups in total. The number of halogens is 1. The molecular formula is C14H18ClN3O. The Bertz CT molecular complexity index is 476. The molecule has 2 bridgehead atoms. The third kappa shape index (κ3) is 2.59. The lowest BCUT2D eigenvalue weighted by molar-refractivity contribution is 0.0909. The number of amides is 1. The van der Waals surface area contributed by atoms with E-state index in [1.54, 1.807) is 12.1 Å². The second kappa shape index (κ2) is 5.08. The largest absolute Gasteiger partial charge is 0.348 e. The average molecular weight is 280 g/mol. The lowest BCUT2D eigenvalue weighted by Gasteiger charge is -2.28. The lowest BCUT2D eigenvalue weighted by Crippen LogP contribution is -2.40. The minimum absolute atomic E-state index is 0.153. The van der Waals surface area contributed by atoms with Gasteiger partial charge in [-0.2, -0.15) is 0 Å². The molecule has 2 aliphatic carbocycles.